The molecule has 4 N–H and O–H groups in total. The third-order valence-corrected chi connectivity index (χ3v) is 9.08. The summed E-state index contributed by atoms with van der Waals surface area (Å²) < 4.78 is 6.16. The molecule has 1 saturated heterocycles. The topological polar surface area (TPSA) is 146 Å². The Morgan fingerprint density at radius 1 is 1.21 bits per heavy atom. The van der Waals surface area contributed by atoms with Crippen LogP contribution in [0.25, 0.3) is 0 Å². The van der Waals surface area contributed by atoms with Crippen molar-refractivity contribution >= 4 is 17.8 Å². The molecule has 9 nitrogen and oxygen atoms in total. The molecule has 6 aliphatic rings. The normalized spacial score (nSPS) is 41.7. The number of carboxylic acids is 1. The summed E-state index contributed by atoms with van der Waals surface area (Å²) in [5.41, 5.74) is 5.68. The maximum Gasteiger partial charge on any atom is 0.323 e. The van der Waals surface area contributed by atoms with Crippen LogP contribution in [0.1, 0.15) is 64.2 Å². The zero-order valence-electron chi connectivity index (χ0n) is 19.2. The van der Waals surface area contributed by atoms with E-state index in [-0.39, 0.29) is 30.8 Å². The first-order valence-electron chi connectivity index (χ1n) is 12.3. The van der Waals surface area contributed by atoms with Crippen molar-refractivity contribution in [3.05, 3.63) is 0 Å². The van der Waals surface area contributed by atoms with Crippen LogP contribution < -0.4 is 11.1 Å². The molecule has 5 unspecified atom stereocenters. The van der Waals surface area contributed by atoms with Gasteiger partial charge in [-0.15, -0.1) is 0 Å². The summed E-state index contributed by atoms with van der Waals surface area (Å²) in [6, 6.07) is 0.714. The number of aliphatic carboxylic acids is 1. The van der Waals surface area contributed by atoms with Gasteiger partial charge >= 0.3 is 11.9 Å². The number of esters is 1. The van der Waals surface area contributed by atoms with E-state index in [1.165, 1.54) is 0 Å². The lowest BCUT2D eigenvalue weighted by Crippen LogP contribution is -2.66. The number of nitriles is 1. The standard InChI is InChI=1S/C24H34N4O5/c1-27-17(2-3-19(29)30)22(32)33-24-9-13-4-14(10-24)8-23(7-13,12-24)20(26)21(31)28-16(11-25)5-15-6-18(15)28/h13-18,20,27H,2-10,12,26H2,1H3,(H,29,30)/t13-,14?,15?,16-,17-,18?,20+,23?,24?/m0/s1. The Morgan fingerprint density at radius 2 is 1.91 bits per heavy atom. The van der Waals surface area contributed by atoms with Gasteiger partial charge in [0, 0.05) is 12.5 Å². The number of carbonyl (C=O) groups excluding carboxylic acids is 2. The van der Waals surface area contributed by atoms with Crippen LogP contribution in [0.2, 0.25) is 0 Å². The molecular weight excluding hydrogens is 424 g/mol. The van der Waals surface area contributed by atoms with Crippen molar-refractivity contribution in [2.24, 2.45) is 28.9 Å². The Balaban J connectivity index is 1.34. The minimum atomic E-state index is -0.947. The van der Waals surface area contributed by atoms with Crippen LogP contribution in [0.3, 0.4) is 0 Å². The number of carbonyl (C=O) groups is 3. The van der Waals surface area contributed by atoms with Crippen molar-refractivity contribution in [1.29, 1.82) is 5.26 Å². The summed E-state index contributed by atoms with van der Waals surface area (Å²) in [5, 5.41) is 21.4. The van der Waals surface area contributed by atoms with Crippen LogP contribution in [-0.2, 0) is 19.1 Å². The zero-order chi connectivity index (χ0) is 23.5. The second-order valence-corrected chi connectivity index (χ2v) is 11.4. The van der Waals surface area contributed by atoms with Gasteiger partial charge in [0.05, 0.1) is 12.1 Å². The highest BCUT2D eigenvalue weighted by atomic mass is 16.6. The molecule has 180 valence electrons. The lowest BCUT2D eigenvalue weighted by Gasteiger charge is -2.62. The third kappa shape index (κ3) is 3.81. The maximum atomic E-state index is 13.6. The lowest BCUT2D eigenvalue weighted by molar-refractivity contribution is -0.207. The number of piperidine rings is 1. The van der Waals surface area contributed by atoms with Crippen LogP contribution >= 0.6 is 0 Å². The number of carboxylic acid groups (broad SMARTS) is 1. The molecule has 0 aromatic carbocycles. The SMILES string of the molecule is CN[C@@H](CCC(=O)O)C(=O)OC12CC3C[C@H](C1)CC([C@H](N)C(=O)N1C4CC4C[C@H]1C#N)(C3)C2. The molecule has 0 aromatic rings. The number of nitrogens with one attached hydrogen (secondary N) is 1. The molecule has 5 saturated carbocycles. The second-order valence-electron chi connectivity index (χ2n) is 11.4. The number of ether oxygens (including phenoxy) is 1. The lowest BCUT2D eigenvalue weighted by atomic mass is 9.46. The predicted molar refractivity (Wildman–Crippen MR) is 116 cm³/mol. The van der Waals surface area contributed by atoms with Crippen molar-refractivity contribution in [2.75, 3.05) is 7.05 Å². The summed E-state index contributed by atoms with van der Waals surface area (Å²) in [6.07, 6.45) is 6.72. The fraction of sp³-hybridized carbons (Fsp3) is 0.833. The number of hydrogen-bond acceptors (Lipinski definition) is 7. The molecular formula is C24H34N4O5. The Hall–Kier alpha value is -2.18. The van der Waals surface area contributed by atoms with Crippen LogP contribution in [0.5, 0.6) is 0 Å². The van der Waals surface area contributed by atoms with E-state index in [1.807, 2.05) is 0 Å². The fourth-order valence-corrected chi connectivity index (χ4v) is 7.98. The van der Waals surface area contributed by atoms with E-state index in [0.717, 1.165) is 44.9 Å². The fourth-order valence-electron chi connectivity index (χ4n) is 7.98. The first-order chi connectivity index (χ1) is 15.7. The summed E-state index contributed by atoms with van der Waals surface area (Å²) >= 11 is 0. The number of fused-ring (bicyclic) bond motifs is 1. The van der Waals surface area contributed by atoms with Crippen molar-refractivity contribution in [2.45, 2.75) is 94.0 Å². The van der Waals surface area contributed by atoms with E-state index in [4.69, 9.17) is 15.6 Å². The number of nitrogens with two attached hydrogens (primary N) is 1. The van der Waals surface area contributed by atoms with Crippen molar-refractivity contribution in [3.8, 4) is 6.07 Å². The highest BCUT2D eigenvalue weighted by molar-refractivity contribution is 5.84. The number of rotatable bonds is 8. The van der Waals surface area contributed by atoms with Gasteiger partial charge in [-0.05, 0) is 88.0 Å². The Bertz CT molecular complexity index is 886. The van der Waals surface area contributed by atoms with E-state index < -0.39 is 35.0 Å². The van der Waals surface area contributed by atoms with Crippen LogP contribution in [-0.4, -0.2) is 64.7 Å². The van der Waals surface area contributed by atoms with Crippen LogP contribution in [0.15, 0.2) is 0 Å². The van der Waals surface area contributed by atoms with Crippen molar-refractivity contribution in [3.63, 3.8) is 0 Å². The van der Waals surface area contributed by atoms with Gasteiger partial charge in [0.25, 0.3) is 0 Å². The van der Waals surface area contributed by atoms with E-state index in [9.17, 15) is 19.6 Å². The van der Waals surface area contributed by atoms with Gasteiger partial charge in [-0.25, -0.2) is 0 Å². The third-order valence-electron chi connectivity index (χ3n) is 9.08. The highest BCUT2D eigenvalue weighted by Crippen LogP contribution is 2.64. The number of amides is 1. The van der Waals surface area contributed by atoms with Gasteiger partial charge in [0.2, 0.25) is 5.91 Å². The summed E-state index contributed by atoms with van der Waals surface area (Å²) in [4.78, 5) is 39.3. The van der Waals surface area contributed by atoms with Crippen molar-refractivity contribution in [1.82, 2.24) is 10.2 Å². The van der Waals surface area contributed by atoms with E-state index in [2.05, 4.69) is 11.4 Å². The van der Waals surface area contributed by atoms with E-state index >= 15 is 0 Å². The molecule has 6 rings (SSSR count). The average molecular weight is 459 g/mol. The molecule has 1 amide bonds. The van der Waals surface area contributed by atoms with Gasteiger partial charge < -0.3 is 25.8 Å². The molecule has 33 heavy (non-hydrogen) atoms. The van der Waals surface area contributed by atoms with Crippen molar-refractivity contribution < 1.29 is 24.2 Å². The van der Waals surface area contributed by atoms with Gasteiger partial charge in [-0.2, -0.15) is 5.26 Å². The molecule has 9 heteroatoms. The quantitative estimate of drug-likeness (QED) is 0.459. The van der Waals surface area contributed by atoms with Crippen LogP contribution in [0.4, 0.5) is 0 Å². The first kappa shape index (κ1) is 22.6. The summed E-state index contributed by atoms with van der Waals surface area (Å²) in [6.45, 7) is 0. The first-order valence-corrected chi connectivity index (χ1v) is 12.3. The van der Waals surface area contributed by atoms with Gasteiger partial charge in [-0.1, -0.05) is 0 Å². The highest BCUT2D eigenvalue weighted by Gasteiger charge is 2.64. The largest absolute Gasteiger partial charge is 0.481 e. The van der Waals surface area contributed by atoms with E-state index in [1.54, 1.807) is 11.9 Å². The molecule has 0 radical (unpaired) electrons. The Morgan fingerprint density at radius 3 is 2.52 bits per heavy atom. The molecule has 9 atom stereocenters. The molecule has 0 aromatic heterocycles. The number of nitrogens with zero attached hydrogens (tertiary/aromatic N) is 2. The summed E-state index contributed by atoms with van der Waals surface area (Å²) in [5.74, 6) is -0.298. The average Bonchev–Trinajstić information content (AvgIpc) is 3.41. The Kier molecular flexibility index (Phi) is 5.44. The number of hydrogen-bond donors (Lipinski definition) is 3. The molecule has 6 fully saturated rings. The van der Waals surface area contributed by atoms with Gasteiger partial charge in [0.1, 0.15) is 17.7 Å². The minimum Gasteiger partial charge on any atom is -0.481 e. The molecule has 0 spiro atoms. The number of likely N-dealkylation sites (tertiary alicyclic amines) is 1. The summed E-state index contributed by atoms with van der Waals surface area (Å²) in [7, 11) is 1.64. The number of likely N-dealkylation sites (N-methyl/N-ethyl adjacent to an activating group) is 1. The molecule has 5 aliphatic carbocycles. The zero-order valence-corrected chi connectivity index (χ0v) is 19.2. The minimum absolute atomic E-state index is 0.107. The predicted octanol–water partition coefficient (Wildman–Crippen LogP) is 1.16. The van der Waals surface area contributed by atoms with Gasteiger partial charge in [-0.3, -0.25) is 14.4 Å². The van der Waals surface area contributed by atoms with Gasteiger partial charge in [0.15, 0.2) is 0 Å². The molecule has 1 aliphatic heterocycles. The van der Waals surface area contributed by atoms with E-state index in [0.29, 0.717) is 24.2 Å². The smallest absolute Gasteiger partial charge is 0.323 e. The monoisotopic (exact) mass is 458 g/mol. The van der Waals surface area contributed by atoms with Crippen LogP contribution in [0, 0.1) is 34.5 Å². The Labute approximate surface area is 194 Å². The molecule has 4 bridgehead atoms. The maximum absolute atomic E-state index is 13.6. The second kappa shape index (κ2) is 7.95. The molecule has 1 heterocycles.